The van der Waals surface area contributed by atoms with Crippen LogP contribution in [-0.4, -0.2) is 32.1 Å². The van der Waals surface area contributed by atoms with Crippen LogP contribution in [0.1, 0.15) is 24.0 Å². The van der Waals surface area contributed by atoms with Crippen molar-refractivity contribution in [2.75, 3.05) is 30.4 Å². The van der Waals surface area contributed by atoms with Crippen LogP contribution in [0.3, 0.4) is 0 Å². The zero-order valence-corrected chi connectivity index (χ0v) is 16.0. The number of fused-ring (bicyclic) bond motifs is 1. The fourth-order valence-corrected chi connectivity index (χ4v) is 3.65. The van der Waals surface area contributed by atoms with E-state index in [0.29, 0.717) is 13.0 Å². The minimum atomic E-state index is -0.237. The highest BCUT2D eigenvalue weighted by atomic mass is 16.5. The topological polar surface area (TPSA) is 70.7 Å². The number of anilines is 2. The predicted octanol–water partition coefficient (Wildman–Crippen LogP) is 3.36. The Morgan fingerprint density at radius 1 is 1.18 bits per heavy atom. The second kappa shape index (κ2) is 7.92. The standard InChI is InChI=1S/C22H25N3O3/c1-28-20-5-3-2-4-15(20)10-12-23-22(27)24-18-8-9-19-17(14-18)11-13-25(19)21(26)16-6-7-16/h2-5,8-9,14,16H,6-7,10-13H2,1H3,(H2,23,24,27). The monoisotopic (exact) mass is 379 g/mol. The van der Waals surface area contributed by atoms with E-state index in [9.17, 15) is 9.59 Å². The summed E-state index contributed by atoms with van der Waals surface area (Å²) < 4.78 is 5.33. The second-order valence-corrected chi connectivity index (χ2v) is 7.30. The molecule has 2 aromatic rings. The number of nitrogens with one attached hydrogen (secondary N) is 2. The molecule has 1 saturated carbocycles. The van der Waals surface area contributed by atoms with E-state index in [-0.39, 0.29) is 17.9 Å². The SMILES string of the molecule is COc1ccccc1CCNC(=O)Nc1ccc2c(c1)CCN2C(=O)C1CC1. The quantitative estimate of drug-likeness (QED) is 0.809. The van der Waals surface area contributed by atoms with E-state index in [1.807, 2.05) is 47.4 Å². The predicted molar refractivity (Wildman–Crippen MR) is 109 cm³/mol. The van der Waals surface area contributed by atoms with Gasteiger partial charge in [0.25, 0.3) is 0 Å². The van der Waals surface area contributed by atoms with Gasteiger partial charge >= 0.3 is 6.03 Å². The Balaban J connectivity index is 1.31. The number of methoxy groups -OCH3 is 1. The maximum atomic E-state index is 12.4. The van der Waals surface area contributed by atoms with Crippen LogP contribution in [0.25, 0.3) is 0 Å². The first kappa shape index (κ1) is 18.3. The first-order chi connectivity index (χ1) is 13.7. The molecule has 2 aliphatic rings. The van der Waals surface area contributed by atoms with Gasteiger partial charge < -0.3 is 20.3 Å². The van der Waals surface area contributed by atoms with E-state index in [2.05, 4.69) is 10.6 Å². The molecule has 1 aliphatic heterocycles. The summed E-state index contributed by atoms with van der Waals surface area (Å²) >= 11 is 0. The van der Waals surface area contributed by atoms with Crippen LogP contribution in [0, 0.1) is 5.92 Å². The van der Waals surface area contributed by atoms with Crippen LogP contribution in [0.2, 0.25) is 0 Å². The van der Waals surface area contributed by atoms with Crippen molar-refractivity contribution in [3.8, 4) is 5.75 Å². The Morgan fingerprint density at radius 3 is 2.79 bits per heavy atom. The van der Waals surface area contributed by atoms with E-state index in [0.717, 1.165) is 54.1 Å². The molecule has 0 bridgehead atoms. The summed E-state index contributed by atoms with van der Waals surface area (Å²) in [6.45, 7) is 1.25. The molecule has 1 fully saturated rings. The molecular weight excluding hydrogens is 354 g/mol. The highest BCUT2D eigenvalue weighted by molar-refractivity contribution is 5.99. The molecule has 146 valence electrons. The van der Waals surface area contributed by atoms with E-state index in [4.69, 9.17) is 4.74 Å². The van der Waals surface area contributed by atoms with E-state index < -0.39 is 0 Å². The largest absolute Gasteiger partial charge is 0.496 e. The number of hydrogen-bond donors (Lipinski definition) is 2. The minimum Gasteiger partial charge on any atom is -0.496 e. The Kier molecular flexibility index (Phi) is 5.19. The average Bonchev–Trinajstić information content (AvgIpc) is 3.47. The molecular formula is C22H25N3O3. The zero-order valence-electron chi connectivity index (χ0n) is 16.0. The Hall–Kier alpha value is -3.02. The second-order valence-electron chi connectivity index (χ2n) is 7.30. The highest BCUT2D eigenvalue weighted by Gasteiger charge is 2.36. The van der Waals surface area contributed by atoms with Gasteiger partial charge in [-0.15, -0.1) is 0 Å². The molecule has 2 N–H and O–H groups in total. The number of carbonyl (C=O) groups excluding carboxylic acids is 2. The molecule has 2 aromatic carbocycles. The molecule has 4 rings (SSSR count). The number of rotatable bonds is 6. The van der Waals surface area contributed by atoms with Crippen LogP contribution in [0.15, 0.2) is 42.5 Å². The summed E-state index contributed by atoms with van der Waals surface area (Å²) in [5, 5.41) is 5.76. The number of para-hydroxylation sites is 1. The molecule has 6 nitrogen and oxygen atoms in total. The van der Waals surface area contributed by atoms with E-state index in [1.165, 1.54) is 0 Å². The van der Waals surface area contributed by atoms with Gasteiger partial charge in [-0.25, -0.2) is 4.79 Å². The zero-order chi connectivity index (χ0) is 19.5. The molecule has 1 heterocycles. The van der Waals surface area contributed by atoms with Gasteiger partial charge in [-0.3, -0.25) is 4.79 Å². The highest BCUT2D eigenvalue weighted by Crippen LogP contribution is 2.37. The number of amides is 3. The number of nitrogens with zero attached hydrogens (tertiary/aromatic N) is 1. The lowest BCUT2D eigenvalue weighted by Crippen LogP contribution is -2.30. The summed E-state index contributed by atoms with van der Waals surface area (Å²) in [5.74, 6) is 1.29. The molecule has 3 amide bonds. The van der Waals surface area contributed by atoms with Gasteiger partial charge in [0.15, 0.2) is 0 Å². The maximum Gasteiger partial charge on any atom is 0.319 e. The smallest absolute Gasteiger partial charge is 0.319 e. The van der Waals surface area contributed by atoms with Crippen LogP contribution in [-0.2, 0) is 17.6 Å². The Morgan fingerprint density at radius 2 is 2.00 bits per heavy atom. The molecule has 0 aromatic heterocycles. The van der Waals surface area contributed by atoms with Crippen LogP contribution in [0.4, 0.5) is 16.2 Å². The van der Waals surface area contributed by atoms with Gasteiger partial charge in [0.2, 0.25) is 5.91 Å². The summed E-state index contributed by atoms with van der Waals surface area (Å²) in [5.41, 5.74) is 3.90. The lowest BCUT2D eigenvalue weighted by molar-refractivity contribution is -0.119. The summed E-state index contributed by atoms with van der Waals surface area (Å²) in [6.07, 6.45) is 3.55. The first-order valence-electron chi connectivity index (χ1n) is 9.77. The number of benzene rings is 2. The number of urea groups is 1. The van der Waals surface area contributed by atoms with E-state index >= 15 is 0 Å². The van der Waals surface area contributed by atoms with Crippen molar-refractivity contribution in [3.05, 3.63) is 53.6 Å². The molecule has 6 heteroatoms. The van der Waals surface area contributed by atoms with Crippen molar-refractivity contribution >= 4 is 23.3 Å². The van der Waals surface area contributed by atoms with Gasteiger partial charge in [-0.05, 0) is 61.1 Å². The van der Waals surface area contributed by atoms with Crippen LogP contribution >= 0.6 is 0 Å². The normalized spacial score (nSPS) is 15.1. The minimum absolute atomic E-state index is 0.220. The van der Waals surface area contributed by atoms with Crippen molar-refractivity contribution in [1.29, 1.82) is 0 Å². The average molecular weight is 379 g/mol. The van der Waals surface area contributed by atoms with E-state index in [1.54, 1.807) is 7.11 Å². The lowest BCUT2D eigenvalue weighted by Gasteiger charge is -2.17. The van der Waals surface area contributed by atoms with Crippen molar-refractivity contribution in [3.63, 3.8) is 0 Å². The van der Waals surface area contributed by atoms with Gasteiger partial charge in [-0.2, -0.15) is 0 Å². The summed E-state index contributed by atoms with van der Waals surface area (Å²) in [7, 11) is 1.65. The van der Waals surface area contributed by atoms with Crippen molar-refractivity contribution in [2.45, 2.75) is 25.7 Å². The lowest BCUT2D eigenvalue weighted by atomic mass is 10.1. The van der Waals surface area contributed by atoms with Crippen molar-refractivity contribution in [2.24, 2.45) is 5.92 Å². The summed E-state index contributed by atoms with van der Waals surface area (Å²) in [6, 6.07) is 13.3. The molecule has 28 heavy (non-hydrogen) atoms. The third-order valence-corrected chi connectivity index (χ3v) is 5.30. The summed E-state index contributed by atoms with van der Waals surface area (Å²) in [4.78, 5) is 26.5. The molecule has 1 aliphatic carbocycles. The van der Waals surface area contributed by atoms with Gasteiger partial charge in [0, 0.05) is 30.4 Å². The van der Waals surface area contributed by atoms with Crippen molar-refractivity contribution in [1.82, 2.24) is 5.32 Å². The fourth-order valence-electron chi connectivity index (χ4n) is 3.65. The van der Waals surface area contributed by atoms with Gasteiger partial charge in [0.05, 0.1) is 7.11 Å². The molecule has 0 saturated heterocycles. The number of hydrogen-bond acceptors (Lipinski definition) is 3. The molecule has 0 atom stereocenters. The van der Waals surface area contributed by atoms with Crippen molar-refractivity contribution < 1.29 is 14.3 Å². The van der Waals surface area contributed by atoms with Crippen LogP contribution < -0.4 is 20.3 Å². The third kappa shape index (κ3) is 3.96. The van der Waals surface area contributed by atoms with Crippen LogP contribution in [0.5, 0.6) is 5.75 Å². The maximum absolute atomic E-state index is 12.4. The van der Waals surface area contributed by atoms with Gasteiger partial charge in [0.1, 0.15) is 5.75 Å². The Labute approximate surface area is 164 Å². The molecule has 0 radical (unpaired) electrons. The Bertz CT molecular complexity index is 892. The number of carbonyl (C=O) groups is 2. The fraction of sp³-hybridized carbons (Fsp3) is 0.364. The number of ether oxygens (including phenoxy) is 1. The molecule has 0 unspecified atom stereocenters. The third-order valence-electron chi connectivity index (χ3n) is 5.30. The first-order valence-corrected chi connectivity index (χ1v) is 9.77. The molecule has 0 spiro atoms. The van der Waals surface area contributed by atoms with Gasteiger partial charge in [-0.1, -0.05) is 18.2 Å².